The Morgan fingerprint density at radius 1 is 1.27 bits per heavy atom. The maximum Gasteiger partial charge on any atom is 0.0962 e. The molecule has 0 radical (unpaired) electrons. The molecule has 2 heterocycles. The van der Waals surface area contributed by atoms with E-state index in [1.165, 1.54) is 0 Å². The molecule has 2 N–H and O–H groups in total. The monoisotopic (exact) mass is 203 g/mol. The van der Waals surface area contributed by atoms with Crippen molar-refractivity contribution in [2.24, 2.45) is 5.73 Å². The molecule has 0 aromatic carbocycles. The van der Waals surface area contributed by atoms with Crippen LogP contribution in [0.15, 0.2) is 30.6 Å². The maximum atomic E-state index is 5.44. The van der Waals surface area contributed by atoms with Gasteiger partial charge < -0.3 is 5.73 Å². The molecular formula is C10H13N5. The summed E-state index contributed by atoms with van der Waals surface area (Å²) in [5, 5.41) is 7.88. The predicted molar refractivity (Wildman–Crippen MR) is 55.9 cm³/mol. The van der Waals surface area contributed by atoms with Crippen LogP contribution >= 0.6 is 0 Å². The van der Waals surface area contributed by atoms with Crippen LogP contribution in [0, 0.1) is 0 Å². The van der Waals surface area contributed by atoms with E-state index in [0.29, 0.717) is 6.54 Å². The number of rotatable bonds is 4. The third-order valence-electron chi connectivity index (χ3n) is 2.12. The lowest BCUT2D eigenvalue weighted by Crippen LogP contribution is -2.03. The van der Waals surface area contributed by atoms with Crippen LogP contribution in [0.5, 0.6) is 0 Å². The van der Waals surface area contributed by atoms with Gasteiger partial charge in [-0.05, 0) is 12.1 Å². The average molecular weight is 203 g/mol. The van der Waals surface area contributed by atoms with Crippen LogP contribution in [0.25, 0.3) is 0 Å². The minimum Gasteiger partial charge on any atom is -0.325 e. The van der Waals surface area contributed by atoms with Crippen molar-refractivity contribution in [1.29, 1.82) is 0 Å². The van der Waals surface area contributed by atoms with Gasteiger partial charge in [-0.3, -0.25) is 9.67 Å². The van der Waals surface area contributed by atoms with Crippen molar-refractivity contribution in [3.63, 3.8) is 0 Å². The molecule has 0 amide bonds. The van der Waals surface area contributed by atoms with Gasteiger partial charge in [-0.2, -0.15) is 0 Å². The number of hydrogen-bond acceptors (Lipinski definition) is 4. The molecule has 2 aromatic rings. The number of aromatic nitrogens is 4. The summed E-state index contributed by atoms with van der Waals surface area (Å²) in [7, 11) is 0. The van der Waals surface area contributed by atoms with Gasteiger partial charge in [0.15, 0.2) is 0 Å². The Balaban J connectivity index is 1.93. The second-order valence-electron chi connectivity index (χ2n) is 3.25. The van der Waals surface area contributed by atoms with Gasteiger partial charge in [0.2, 0.25) is 0 Å². The van der Waals surface area contributed by atoms with Crippen molar-refractivity contribution in [1.82, 2.24) is 20.0 Å². The molecule has 0 aliphatic carbocycles. The molecule has 0 unspecified atom stereocenters. The molecule has 0 fully saturated rings. The predicted octanol–water partition coefficient (Wildman–Crippen LogP) is 0.374. The SMILES string of the molecule is NCc1cn(CCc2ccccn2)nn1. The van der Waals surface area contributed by atoms with Gasteiger partial charge in [0.1, 0.15) is 0 Å². The van der Waals surface area contributed by atoms with Crippen LogP contribution in [0.4, 0.5) is 0 Å². The summed E-state index contributed by atoms with van der Waals surface area (Å²) >= 11 is 0. The number of nitrogens with zero attached hydrogens (tertiary/aromatic N) is 4. The minimum atomic E-state index is 0.434. The Labute approximate surface area is 87.9 Å². The van der Waals surface area contributed by atoms with Crippen molar-refractivity contribution < 1.29 is 0 Å². The molecule has 0 aliphatic rings. The van der Waals surface area contributed by atoms with Crippen LogP contribution in [-0.2, 0) is 19.5 Å². The molecule has 0 saturated heterocycles. The number of nitrogens with two attached hydrogens (primary N) is 1. The molecule has 5 nitrogen and oxygen atoms in total. The number of pyridine rings is 1. The lowest BCUT2D eigenvalue weighted by Gasteiger charge is -1.99. The fourth-order valence-corrected chi connectivity index (χ4v) is 1.32. The molecule has 15 heavy (non-hydrogen) atoms. The van der Waals surface area contributed by atoms with E-state index in [9.17, 15) is 0 Å². The van der Waals surface area contributed by atoms with Crippen molar-refractivity contribution in [3.05, 3.63) is 42.0 Å². The normalized spacial score (nSPS) is 10.5. The van der Waals surface area contributed by atoms with E-state index >= 15 is 0 Å². The Kier molecular flexibility index (Phi) is 3.04. The van der Waals surface area contributed by atoms with Gasteiger partial charge in [-0.25, -0.2) is 0 Å². The van der Waals surface area contributed by atoms with Crippen LogP contribution in [0.3, 0.4) is 0 Å². The van der Waals surface area contributed by atoms with Crippen LogP contribution in [-0.4, -0.2) is 20.0 Å². The zero-order chi connectivity index (χ0) is 10.5. The summed E-state index contributed by atoms with van der Waals surface area (Å²) in [5.74, 6) is 0. The Bertz CT molecular complexity index is 409. The average Bonchev–Trinajstić information content (AvgIpc) is 2.76. The molecule has 78 valence electrons. The van der Waals surface area contributed by atoms with Gasteiger partial charge in [-0.1, -0.05) is 11.3 Å². The summed E-state index contributed by atoms with van der Waals surface area (Å²) in [4.78, 5) is 4.23. The van der Waals surface area contributed by atoms with Crippen molar-refractivity contribution >= 4 is 0 Å². The highest BCUT2D eigenvalue weighted by Crippen LogP contribution is 1.98. The van der Waals surface area contributed by atoms with Crippen molar-refractivity contribution in [3.8, 4) is 0 Å². The quantitative estimate of drug-likeness (QED) is 0.779. The summed E-state index contributed by atoms with van der Waals surface area (Å²) in [6, 6.07) is 5.89. The molecule has 0 atom stereocenters. The summed E-state index contributed by atoms with van der Waals surface area (Å²) in [6.07, 6.45) is 4.51. The third-order valence-corrected chi connectivity index (χ3v) is 2.12. The Morgan fingerprint density at radius 3 is 2.87 bits per heavy atom. The van der Waals surface area contributed by atoms with E-state index in [1.54, 1.807) is 10.9 Å². The van der Waals surface area contributed by atoms with Crippen LogP contribution in [0.1, 0.15) is 11.4 Å². The van der Waals surface area contributed by atoms with Gasteiger partial charge in [-0.15, -0.1) is 5.10 Å². The molecule has 5 heteroatoms. The first-order valence-corrected chi connectivity index (χ1v) is 4.87. The van der Waals surface area contributed by atoms with Gasteiger partial charge in [0.25, 0.3) is 0 Å². The zero-order valence-corrected chi connectivity index (χ0v) is 8.37. The molecule has 2 rings (SSSR count). The maximum absolute atomic E-state index is 5.44. The largest absolute Gasteiger partial charge is 0.325 e. The molecule has 0 bridgehead atoms. The van der Waals surface area contributed by atoms with E-state index in [2.05, 4.69) is 15.3 Å². The molecule has 2 aromatic heterocycles. The van der Waals surface area contributed by atoms with E-state index in [0.717, 1.165) is 24.4 Å². The zero-order valence-electron chi connectivity index (χ0n) is 8.37. The lowest BCUT2D eigenvalue weighted by atomic mass is 10.3. The van der Waals surface area contributed by atoms with Gasteiger partial charge >= 0.3 is 0 Å². The number of hydrogen-bond donors (Lipinski definition) is 1. The standard InChI is InChI=1S/C10H13N5/c11-7-10-8-15(14-13-10)6-4-9-3-1-2-5-12-9/h1-3,5,8H,4,6-7,11H2. The summed E-state index contributed by atoms with van der Waals surface area (Å²) in [5.41, 5.74) is 7.32. The molecule has 0 saturated carbocycles. The highest BCUT2D eigenvalue weighted by atomic mass is 15.4. The summed E-state index contributed by atoms with van der Waals surface area (Å²) in [6.45, 7) is 1.22. The van der Waals surface area contributed by atoms with Gasteiger partial charge in [0.05, 0.1) is 5.69 Å². The fourth-order valence-electron chi connectivity index (χ4n) is 1.32. The van der Waals surface area contributed by atoms with E-state index in [1.807, 2.05) is 24.4 Å². The van der Waals surface area contributed by atoms with E-state index in [4.69, 9.17) is 5.73 Å². The van der Waals surface area contributed by atoms with Crippen molar-refractivity contribution in [2.75, 3.05) is 0 Å². The molecular weight excluding hydrogens is 190 g/mol. The first kappa shape index (κ1) is 9.79. The first-order valence-electron chi connectivity index (χ1n) is 4.87. The van der Waals surface area contributed by atoms with Crippen LogP contribution < -0.4 is 5.73 Å². The van der Waals surface area contributed by atoms with Gasteiger partial charge in [0, 0.05) is 37.6 Å². The summed E-state index contributed by atoms with van der Waals surface area (Å²) < 4.78 is 1.79. The molecule has 0 spiro atoms. The van der Waals surface area contributed by atoms with Crippen LogP contribution in [0.2, 0.25) is 0 Å². The second-order valence-corrected chi connectivity index (χ2v) is 3.25. The number of aryl methyl sites for hydroxylation is 2. The van der Waals surface area contributed by atoms with E-state index < -0.39 is 0 Å². The van der Waals surface area contributed by atoms with Crippen molar-refractivity contribution in [2.45, 2.75) is 19.5 Å². The van der Waals surface area contributed by atoms with E-state index in [-0.39, 0.29) is 0 Å². The topological polar surface area (TPSA) is 69.6 Å². The minimum absolute atomic E-state index is 0.434. The highest BCUT2D eigenvalue weighted by Gasteiger charge is 1.99. The first-order chi connectivity index (χ1) is 7.38. The fraction of sp³-hybridized carbons (Fsp3) is 0.300. The second kappa shape index (κ2) is 4.65. The smallest absolute Gasteiger partial charge is 0.0962 e. The Morgan fingerprint density at radius 2 is 2.20 bits per heavy atom. The third kappa shape index (κ3) is 2.60. The lowest BCUT2D eigenvalue weighted by molar-refractivity contribution is 0.584. The highest BCUT2D eigenvalue weighted by molar-refractivity contribution is 5.03. The Hall–Kier alpha value is -1.75. The molecule has 0 aliphatic heterocycles.